The molecule has 0 atom stereocenters. The largest absolute Gasteiger partial charge is 0.398 e. The van der Waals surface area contributed by atoms with Gasteiger partial charge in [0.1, 0.15) is 0 Å². The van der Waals surface area contributed by atoms with Crippen LogP contribution in [-0.4, -0.2) is 26.2 Å². The number of carbonyl (C=O) groups is 1. The first-order valence-electron chi connectivity index (χ1n) is 5.90. The molecule has 17 heavy (non-hydrogen) atoms. The molecule has 2 N–H and O–H groups in total. The fourth-order valence-corrected chi connectivity index (χ4v) is 2.22. The predicted octanol–water partition coefficient (Wildman–Crippen LogP) is 1.58. The minimum absolute atomic E-state index is 0.159. The lowest BCUT2D eigenvalue weighted by molar-refractivity contribution is -0.118. The van der Waals surface area contributed by atoms with E-state index in [1.165, 1.54) is 0 Å². The van der Waals surface area contributed by atoms with E-state index < -0.39 is 0 Å². The molecule has 1 aromatic rings. The van der Waals surface area contributed by atoms with Crippen LogP contribution >= 0.6 is 0 Å². The Morgan fingerprint density at radius 2 is 2.35 bits per heavy atom. The first-order chi connectivity index (χ1) is 8.24. The Bertz CT molecular complexity index is 418. The van der Waals surface area contributed by atoms with Crippen LogP contribution < -0.4 is 10.6 Å². The second-order valence-corrected chi connectivity index (χ2v) is 4.24. The van der Waals surface area contributed by atoms with Gasteiger partial charge in [0, 0.05) is 43.6 Å². The van der Waals surface area contributed by atoms with Gasteiger partial charge >= 0.3 is 0 Å². The highest BCUT2D eigenvalue weighted by Gasteiger charge is 2.25. The fourth-order valence-electron chi connectivity index (χ4n) is 2.22. The van der Waals surface area contributed by atoms with Crippen molar-refractivity contribution in [2.24, 2.45) is 0 Å². The number of nitrogens with two attached hydrogens (primary N) is 1. The number of benzene rings is 1. The molecule has 1 aromatic carbocycles. The first kappa shape index (κ1) is 11.9. The Morgan fingerprint density at radius 1 is 1.53 bits per heavy atom. The highest BCUT2D eigenvalue weighted by Crippen LogP contribution is 2.32. The van der Waals surface area contributed by atoms with Gasteiger partial charge in [-0.2, -0.15) is 0 Å². The molecule has 1 aliphatic heterocycles. The Kier molecular flexibility index (Phi) is 3.64. The van der Waals surface area contributed by atoms with Crippen LogP contribution in [0.3, 0.4) is 0 Å². The summed E-state index contributed by atoms with van der Waals surface area (Å²) in [6.07, 6.45) is 2.16. The number of fused-ring (bicyclic) bond motifs is 1. The molecule has 0 radical (unpaired) electrons. The standard InChI is InChI=1S/C13H18N2O2/c1-17-9-3-6-13(16)15-8-7-10-11(14)4-2-5-12(10)15/h2,4-5H,3,6-9,14H2,1H3. The summed E-state index contributed by atoms with van der Waals surface area (Å²) >= 11 is 0. The number of carbonyl (C=O) groups excluding carboxylic acids is 1. The molecule has 1 amide bonds. The van der Waals surface area contributed by atoms with Gasteiger partial charge in [-0.15, -0.1) is 0 Å². The third-order valence-electron chi connectivity index (χ3n) is 3.10. The number of ether oxygens (including phenoxy) is 1. The summed E-state index contributed by atoms with van der Waals surface area (Å²) in [6, 6.07) is 5.75. The number of anilines is 2. The zero-order chi connectivity index (χ0) is 12.3. The number of hydrogen-bond donors (Lipinski definition) is 1. The van der Waals surface area contributed by atoms with Gasteiger partial charge in [-0.3, -0.25) is 4.79 Å². The molecule has 0 spiro atoms. The molecule has 0 aromatic heterocycles. The SMILES string of the molecule is COCCCC(=O)N1CCc2c(N)cccc21. The number of rotatable bonds is 4. The van der Waals surface area contributed by atoms with Crippen LogP contribution in [0.4, 0.5) is 11.4 Å². The summed E-state index contributed by atoms with van der Waals surface area (Å²) in [4.78, 5) is 13.9. The molecule has 0 saturated carbocycles. The van der Waals surface area contributed by atoms with E-state index in [9.17, 15) is 4.79 Å². The zero-order valence-corrected chi connectivity index (χ0v) is 10.1. The summed E-state index contributed by atoms with van der Waals surface area (Å²) in [5.41, 5.74) is 8.77. The summed E-state index contributed by atoms with van der Waals surface area (Å²) < 4.78 is 4.95. The van der Waals surface area contributed by atoms with Crippen LogP contribution in [0, 0.1) is 0 Å². The molecule has 4 nitrogen and oxygen atoms in total. The highest BCUT2D eigenvalue weighted by molar-refractivity contribution is 5.96. The normalized spacial score (nSPS) is 13.8. The van der Waals surface area contributed by atoms with Gasteiger partial charge in [0.25, 0.3) is 0 Å². The van der Waals surface area contributed by atoms with Crippen LogP contribution in [0.1, 0.15) is 18.4 Å². The predicted molar refractivity (Wildman–Crippen MR) is 68.0 cm³/mol. The molecule has 1 heterocycles. The minimum Gasteiger partial charge on any atom is -0.398 e. The smallest absolute Gasteiger partial charge is 0.227 e. The van der Waals surface area contributed by atoms with Crippen molar-refractivity contribution >= 4 is 17.3 Å². The lowest BCUT2D eigenvalue weighted by Crippen LogP contribution is -2.28. The Morgan fingerprint density at radius 3 is 3.12 bits per heavy atom. The van der Waals surface area contributed by atoms with Crippen molar-refractivity contribution in [1.29, 1.82) is 0 Å². The molecule has 4 heteroatoms. The number of methoxy groups -OCH3 is 1. The van der Waals surface area contributed by atoms with E-state index >= 15 is 0 Å². The van der Waals surface area contributed by atoms with Crippen LogP contribution in [0.2, 0.25) is 0 Å². The Labute approximate surface area is 101 Å². The molecule has 0 bridgehead atoms. The van der Waals surface area contributed by atoms with Gasteiger partial charge in [-0.1, -0.05) is 6.07 Å². The lowest BCUT2D eigenvalue weighted by atomic mass is 10.1. The zero-order valence-electron chi connectivity index (χ0n) is 10.1. The molecule has 0 unspecified atom stereocenters. The van der Waals surface area contributed by atoms with E-state index in [-0.39, 0.29) is 5.91 Å². The van der Waals surface area contributed by atoms with Crippen LogP contribution in [0.25, 0.3) is 0 Å². The average molecular weight is 234 g/mol. The first-order valence-corrected chi connectivity index (χ1v) is 5.90. The third kappa shape index (κ3) is 2.42. The molecule has 2 rings (SSSR count). The monoisotopic (exact) mass is 234 g/mol. The maximum atomic E-state index is 12.0. The molecular weight excluding hydrogens is 216 g/mol. The van der Waals surface area contributed by atoms with Gasteiger partial charge < -0.3 is 15.4 Å². The van der Waals surface area contributed by atoms with Crippen molar-refractivity contribution in [3.05, 3.63) is 23.8 Å². The van der Waals surface area contributed by atoms with Gasteiger partial charge in [0.15, 0.2) is 0 Å². The topological polar surface area (TPSA) is 55.6 Å². The Hall–Kier alpha value is -1.55. The Balaban J connectivity index is 2.06. The average Bonchev–Trinajstić information content (AvgIpc) is 2.74. The van der Waals surface area contributed by atoms with Crippen molar-refractivity contribution < 1.29 is 9.53 Å². The highest BCUT2D eigenvalue weighted by atomic mass is 16.5. The van der Waals surface area contributed by atoms with Crippen molar-refractivity contribution in [3.63, 3.8) is 0 Å². The van der Waals surface area contributed by atoms with Gasteiger partial charge in [-0.05, 0) is 25.0 Å². The molecule has 0 aliphatic carbocycles. The minimum atomic E-state index is 0.159. The van der Waals surface area contributed by atoms with Crippen molar-refractivity contribution in [1.82, 2.24) is 0 Å². The van der Waals surface area contributed by atoms with Crippen LogP contribution in [0.15, 0.2) is 18.2 Å². The maximum Gasteiger partial charge on any atom is 0.227 e. The number of hydrogen-bond acceptors (Lipinski definition) is 3. The summed E-state index contributed by atoms with van der Waals surface area (Å²) in [5.74, 6) is 0.159. The summed E-state index contributed by atoms with van der Waals surface area (Å²) in [6.45, 7) is 1.37. The number of nitrogen functional groups attached to an aromatic ring is 1. The van der Waals surface area contributed by atoms with Crippen molar-refractivity contribution in [2.75, 3.05) is 30.9 Å². The molecule has 1 aliphatic rings. The lowest BCUT2D eigenvalue weighted by Gasteiger charge is -2.17. The van der Waals surface area contributed by atoms with E-state index in [1.54, 1.807) is 7.11 Å². The van der Waals surface area contributed by atoms with Crippen LogP contribution in [-0.2, 0) is 16.0 Å². The molecule has 0 fully saturated rings. The van der Waals surface area contributed by atoms with Gasteiger partial charge in [0.2, 0.25) is 5.91 Å². The maximum absolute atomic E-state index is 12.0. The van der Waals surface area contributed by atoms with E-state index in [4.69, 9.17) is 10.5 Å². The van der Waals surface area contributed by atoms with Gasteiger partial charge in [0.05, 0.1) is 0 Å². The second kappa shape index (κ2) is 5.19. The fraction of sp³-hybridized carbons (Fsp3) is 0.462. The quantitative estimate of drug-likeness (QED) is 0.635. The number of nitrogens with zero attached hydrogens (tertiary/aromatic N) is 1. The van der Waals surface area contributed by atoms with Crippen molar-refractivity contribution in [3.8, 4) is 0 Å². The molecule has 0 saturated heterocycles. The van der Waals surface area contributed by atoms with E-state index in [0.717, 1.165) is 36.3 Å². The van der Waals surface area contributed by atoms with Gasteiger partial charge in [-0.25, -0.2) is 0 Å². The van der Waals surface area contributed by atoms with Crippen molar-refractivity contribution in [2.45, 2.75) is 19.3 Å². The van der Waals surface area contributed by atoms with E-state index in [1.807, 2.05) is 23.1 Å². The summed E-state index contributed by atoms with van der Waals surface area (Å²) in [5, 5.41) is 0. The molecular formula is C13H18N2O2. The van der Waals surface area contributed by atoms with E-state index in [0.29, 0.717) is 13.0 Å². The van der Waals surface area contributed by atoms with Crippen LogP contribution in [0.5, 0.6) is 0 Å². The summed E-state index contributed by atoms with van der Waals surface area (Å²) in [7, 11) is 1.65. The third-order valence-corrected chi connectivity index (χ3v) is 3.10. The number of amides is 1. The second-order valence-electron chi connectivity index (χ2n) is 4.24. The molecule has 92 valence electrons. The van der Waals surface area contributed by atoms with E-state index in [2.05, 4.69) is 0 Å².